The zero-order valence-corrected chi connectivity index (χ0v) is 13.6. The van der Waals surface area contributed by atoms with E-state index in [1.807, 2.05) is 13.1 Å². The van der Waals surface area contributed by atoms with Crippen LogP contribution in [0.4, 0.5) is 0 Å². The second kappa shape index (κ2) is 6.08. The van der Waals surface area contributed by atoms with Crippen LogP contribution in [0, 0.1) is 0 Å². The molecule has 2 aromatic heterocycles. The Labute approximate surface area is 130 Å². The standard InChI is InChI=1S/C15H16BrN3S/c1-17-12(8-11-4-2-3-5-14(11)16)9-13-10-19-6-7-20-15(19)18-13/h2-7,10,12,17H,8-9H2,1H3. The van der Waals surface area contributed by atoms with Gasteiger partial charge in [0.1, 0.15) is 0 Å². The summed E-state index contributed by atoms with van der Waals surface area (Å²) in [4.78, 5) is 5.72. The molecule has 0 aliphatic carbocycles. The number of hydrogen-bond donors (Lipinski definition) is 1. The lowest BCUT2D eigenvalue weighted by molar-refractivity contribution is 0.550. The van der Waals surface area contributed by atoms with E-state index in [9.17, 15) is 0 Å². The number of thiazole rings is 1. The van der Waals surface area contributed by atoms with Gasteiger partial charge in [0.25, 0.3) is 0 Å². The van der Waals surface area contributed by atoms with Gasteiger partial charge in [-0.3, -0.25) is 4.40 Å². The predicted molar refractivity (Wildman–Crippen MR) is 87.5 cm³/mol. The Bertz CT molecular complexity index is 675. The number of fused-ring (bicyclic) bond motifs is 1. The number of benzene rings is 1. The average molecular weight is 350 g/mol. The second-order valence-corrected chi connectivity index (χ2v) is 6.54. The van der Waals surface area contributed by atoms with Crippen LogP contribution in [0.15, 0.2) is 46.5 Å². The highest BCUT2D eigenvalue weighted by Gasteiger charge is 2.12. The first kappa shape index (κ1) is 13.8. The highest BCUT2D eigenvalue weighted by atomic mass is 79.9. The van der Waals surface area contributed by atoms with Gasteiger partial charge in [0.05, 0.1) is 5.69 Å². The molecule has 5 heteroatoms. The third kappa shape index (κ3) is 2.95. The summed E-state index contributed by atoms with van der Waals surface area (Å²) in [7, 11) is 2.01. The molecule has 0 amide bonds. The minimum absolute atomic E-state index is 0.387. The van der Waals surface area contributed by atoms with Gasteiger partial charge in [-0.1, -0.05) is 34.1 Å². The Morgan fingerprint density at radius 2 is 2.20 bits per heavy atom. The fourth-order valence-electron chi connectivity index (χ4n) is 2.33. The Hall–Kier alpha value is -1.17. The molecule has 1 N–H and O–H groups in total. The van der Waals surface area contributed by atoms with Crippen LogP contribution in [0.5, 0.6) is 0 Å². The fraction of sp³-hybridized carbons (Fsp3) is 0.267. The van der Waals surface area contributed by atoms with Gasteiger partial charge in [-0.05, 0) is 25.1 Å². The van der Waals surface area contributed by atoms with E-state index >= 15 is 0 Å². The third-order valence-corrected chi connectivity index (χ3v) is 4.98. The SMILES string of the molecule is CNC(Cc1cn2ccsc2n1)Cc1ccccc1Br. The van der Waals surface area contributed by atoms with Gasteiger partial charge < -0.3 is 5.32 Å². The van der Waals surface area contributed by atoms with Crippen LogP contribution >= 0.6 is 27.3 Å². The van der Waals surface area contributed by atoms with Crippen LogP contribution in [0.3, 0.4) is 0 Å². The summed E-state index contributed by atoms with van der Waals surface area (Å²) in [6.45, 7) is 0. The molecule has 0 saturated heterocycles. The number of nitrogens with zero attached hydrogens (tertiary/aromatic N) is 2. The molecule has 3 rings (SSSR count). The summed E-state index contributed by atoms with van der Waals surface area (Å²) in [6, 6.07) is 8.78. The monoisotopic (exact) mass is 349 g/mol. The minimum atomic E-state index is 0.387. The van der Waals surface area contributed by atoms with Crippen LogP contribution in [0.1, 0.15) is 11.3 Å². The number of imidazole rings is 1. The lowest BCUT2D eigenvalue weighted by atomic mass is 10.0. The van der Waals surface area contributed by atoms with Crippen molar-refractivity contribution < 1.29 is 0 Å². The molecule has 0 radical (unpaired) electrons. The molecule has 3 nitrogen and oxygen atoms in total. The van der Waals surface area contributed by atoms with Gasteiger partial charge in [-0.25, -0.2) is 4.98 Å². The first-order valence-electron chi connectivity index (χ1n) is 6.58. The fourth-order valence-corrected chi connectivity index (χ4v) is 3.50. The summed E-state index contributed by atoms with van der Waals surface area (Å²) in [5, 5.41) is 5.45. The first-order valence-corrected chi connectivity index (χ1v) is 8.25. The van der Waals surface area contributed by atoms with Crippen molar-refractivity contribution in [2.45, 2.75) is 18.9 Å². The van der Waals surface area contributed by atoms with E-state index in [-0.39, 0.29) is 0 Å². The van der Waals surface area contributed by atoms with E-state index < -0.39 is 0 Å². The topological polar surface area (TPSA) is 29.3 Å². The number of rotatable bonds is 5. The molecule has 0 saturated carbocycles. The Kier molecular flexibility index (Phi) is 4.19. The number of aromatic nitrogens is 2. The third-order valence-electron chi connectivity index (χ3n) is 3.43. The van der Waals surface area contributed by atoms with E-state index in [4.69, 9.17) is 0 Å². The van der Waals surface area contributed by atoms with Crippen molar-refractivity contribution in [1.29, 1.82) is 0 Å². The molecule has 1 unspecified atom stereocenters. The average Bonchev–Trinajstić information content (AvgIpc) is 3.01. The summed E-state index contributed by atoms with van der Waals surface area (Å²) in [5.41, 5.74) is 2.47. The van der Waals surface area contributed by atoms with Gasteiger partial charge in [0.2, 0.25) is 0 Å². The molecule has 0 bridgehead atoms. The van der Waals surface area contributed by atoms with Crippen molar-refractivity contribution in [3.63, 3.8) is 0 Å². The molecule has 2 heterocycles. The lowest BCUT2D eigenvalue weighted by Gasteiger charge is -2.15. The van der Waals surface area contributed by atoms with E-state index in [0.29, 0.717) is 6.04 Å². The van der Waals surface area contributed by atoms with Crippen molar-refractivity contribution in [1.82, 2.24) is 14.7 Å². The molecular weight excluding hydrogens is 334 g/mol. The van der Waals surface area contributed by atoms with Crippen molar-refractivity contribution in [3.8, 4) is 0 Å². The largest absolute Gasteiger partial charge is 0.316 e. The molecule has 3 aromatic rings. The smallest absolute Gasteiger partial charge is 0.193 e. The summed E-state index contributed by atoms with van der Waals surface area (Å²) in [6.07, 6.45) is 6.10. The maximum Gasteiger partial charge on any atom is 0.193 e. The van der Waals surface area contributed by atoms with Gasteiger partial charge in [-0.15, -0.1) is 11.3 Å². The minimum Gasteiger partial charge on any atom is -0.316 e. The Balaban J connectivity index is 1.74. The molecule has 0 fully saturated rings. The zero-order valence-electron chi connectivity index (χ0n) is 11.2. The second-order valence-electron chi connectivity index (χ2n) is 4.81. The van der Waals surface area contributed by atoms with Crippen molar-refractivity contribution in [2.75, 3.05) is 7.05 Å². The maximum absolute atomic E-state index is 4.65. The summed E-state index contributed by atoms with van der Waals surface area (Å²) >= 11 is 5.29. The van der Waals surface area contributed by atoms with Crippen molar-refractivity contribution in [2.24, 2.45) is 0 Å². The first-order chi connectivity index (χ1) is 9.76. The van der Waals surface area contributed by atoms with Crippen LogP contribution in [-0.4, -0.2) is 22.5 Å². The van der Waals surface area contributed by atoms with Gasteiger partial charge in [0.15, 0.2) is 4.96 Å². The number of halogens is 1. The van der Waals surface area contributed by atoms with E-state index in [1.165, 1.54) is 10.0 Å². The quantitative estimate of drug-likeness (QED) is 0.763. The number of hydrogen-bond acceptors (Lipinski definition) is 3. The molecule has 0 spiro atoms. The van der Waals surface area contributed by atoms with Gasteiger partial charge in [-0.2, -0.15) is 0 Å². The highest BCUT2D eigenvalue weighted by molar-refractivity contribution is 9.10. The Morgan fingerprint density at radius 3 is 2.95 bits per heavy atom. The maximum atomic E-state index is 4.65. The zero-order chi connectivity index (χ0) is 13.9. The van der Waals surface area contributed by atoms with Gasteiger partial charge >= 0.3 is 0 Å². The van der Waals surface area contributed by atoms with Crippen molar-refractivity contribution in [3.05, 3.63) is 57.8 Å². The van der Waals surface area contributed by atoms with E-state index in [1.54, 1.807) is 11.3 Å². The van der Waals surface area contributed by atoms with Gasteiger partial charge in [0, 0.05) is 34.7 Å². The number of likely N-dealkylation sites (N-methyl/N-ethyl adjacent to an activating group) is 1. The van der Waals surface area contributed by atoms with E-state index in [0.717, 1.165) is 23.5 Å². The summed E-state index contributed by atoms with van der Waals surface area (Å²) < 4.78 is 3.26. The van der Waals surface area contributed by atoms with Crippen molar-refractivity contribution >= 4 is 32.2 Å². The normalized spacial score (nSPS) is 12.9. The molecule has 0 aliphatic rings. The molecule has 20 heavy (non-hydrogen) atoms. The summed E-state index contributed by atoms with van der Waals surface area (Å²) in [5.74, 6) is 0. The lowest BCUT2D eigenvalue weighted by Crippen LogP contribution is -2.30. The molecular formula is C15H16BrN3S. The van der Waals surface area contributed by atoms with Crippen LogP contribution in [-0.2, 0) is 12.8 Å². The highest BCUT2D eigenvalue weighted by Crippen LogP contribution is 2.19. The van der Waals surface area contributed by atoms with Crippen LogP contribution in [0.25, 0.3) is 4.96 Å². The predicted octanol–water partition coefficient (Wildman–Crippen LogP) is 3.53. The molecule has 104 valence electrons. The van der Waals surface area contributed by atoms with Crippen LogP contribution < -0.4 is 5.32 Å². The Morgan fingerprint density at radius 1 is 1.35 bits per heavy atom. The molecule has 1 aromatic carbocycles. The molecule has 0 aliphatic heterocycles. The number of nitrogens with one attached hydrogen (secondary N) is 1. The molecule has 1 atom stereocenters. The van der Waals surface area contributed by atoms with Crippen LogP contribution in [0.2, 0.25) is 0 Å². The van der Waals surface area contributed by atoms with E-state index in [2.05, 4.69) is 66.6 Å².